The monoisotopic (exact) mass is 213 g/mol. The van der Waals surface area contributed by atoms with Crippen molar-refractivity contribution in [3.63, 3.8) is 0 Å². The Kier molecular flexibility index (Phi) is 2.98. The van der Waals surface area contributed by atoms with Crippen LogP contribution >= 0.6 is 0 Å². The summed E-state index contributed by atoms with van der Waals surface area (Å²) in [5.41, 5.74) is 0.489. The predicted molar refractivity (Wildman–Crippen MR) is 52.5 cm³/mol. The molecule has 0 spiro atoms. The molecular formula is C11H13F2NO. The lowest BCUT2D eigenvalue weighted by Crippen LogP contribution is -2.46. The second-order valence-electron chi connectivity index (χ2n) is 3.79. The maximum absolute atomic E-state index is 13.4. The molecule has 2 nitrogen and oxygen atoms in total. The summed E-state index contributed by atoms with van der Waals surface area (Å²) in [5.74, 6) is -1.05. The molecule has 0 bridgehead atoms. The number of rotatable bonds is 3. The molecule has 1 saturated heterocycles. The Hall–Kier alpha value is -1.00. The highest BCUT2D eigenvalue weighted by molar-refractivity contribution is 5.21. The van der Waals surface area contributed by atoms with Gasteiger partial charge in [0.2, 0.25) is 0 Å². The van der Waals surface area contributed by atoms with Gasteiger partial charge in [0, 0.05) is 17.7 Å². The lowest BCUT2D eigenvalue weighted by Gasteiger charge is -2.30. The molecule has 0 aliphatic carbocycles. The number of ether oxygens (including phenoxy) is 1. The van der Waals surface area contributed by atoms with Gasteiger partial charge >= 0.3 is 0 Å². The van der Waals surface area contributed by atoms with Crippen molar-refractivity contribution in [2.75, 3.05) is 13.2 Å². The number of hydrogen-bond acceptors (Lipinski definition) is 2. The van der Waals surface area contributed by atoms with E-state index in [1.807, 2.05) is 6.92 Å². The van der Waals surface area contributed by atoms with E-state index in [2.05, 4.69) is 5.32 Å². The van der Waals surface area contributed by atoms with Gasteiger partial charge in [-0.1, -0.05) is 6.07 Å². The predicted octanol–water partition coefficient (Wildman–Crippen LogP) is 2.01. The number of halogens is 2. The average Bonchev–Trinajstić information content (AvgIpc) is 2.11. The third-order valence-corrected chi connectivity index (χ3v) is 2.55. The van der Waals surface area contributed by atoms with Crippen molar-refractivity contribution in [3.05, 3.63) is 35.4 Å². The summed E-state index contributed by atoms with van der Waals surface area (Å²) < 4.78 is 31.0. The first-order chi connectivity index (χ1) is 7.16. The van der Waals surface area contributed by atoms with Gasteiger partial charge in [-0.05, 0) is 13.0 Å². The molecule has 1 aromatic rings. The summed E-state index contributed by atoms with van der Waals surface area (Å²) in [7, 11) is 0. The number of benzene rings is 1. The second-order valence-corrected chi connectivity index (χ2v) is 3.79. The Bertz CT molecular complexity index is 352. The van der Waals surface area contributed by atoms with Crippen LogP contribution in [-0.2, 0) is 4.74 Å². The summed E-state index contributed by atoms with van der Waals surface area (Å²) in [6.07, 6.45) is 0. The van der Waals surface area contributed by atoms with E-state index in [1.165, 1.54) is 12.1 Å². The van der Waals surface area contributed by atoms with E-state index in [0.717, 1.165) is 6.07 Å². The molecule has 1 aliphatic rings. The molecule has 0 amide bonds. The molecule has 1 aromatic carbocycles. The van der Waals surface area contributed by atoms with E-state index in [0.29, 0.717) is 18.8 Å². The Morgan fingerprint density at radius 3 is 2.67 bits per heavy atom. The van der Waals surface area contributed by atoms with Crippen molar-refractivity contribution in [1.82, 2.24) is 5.32 Å². The quantitative estimate of drug-likeness (QED) is 0.829. The first kappa shape index (κ1) is 10.5. The molecule has 1 fully saturated rings. The van der Waals surface area contributed by atoms with Gasteiger partial charge in [-0.25, -0.2) is 8.78 Å². The molecule has 1 N–H and O–H groups in total. The largest absolute Gasteiger partial charge is 0.378 e. The van der Waals surface area contributed by atoms with Crippen LogP contribution in [0.4, 0.5) is 8.78 Å². The van der Waals surface area contributed by atoms with Gasteiger partial charge < -0.3 is 10.1 Å². The van der Waals surface area contributed by atoms with Crippen molar-refractivity contribution in [1.29, 1.82) is 0 Å². The zero-order valence-corrected chi connectivity index (χ0v) is 8.47. The SMILES string of the molecule is CC(NC1COC1)c1ccc(F)cc1F. The maximum Gasteiger partial charge on any atom is 0.130 e. The van der Waals surface area contributed by atoms with Crippen LogP contribution in [0.25, 0.3) is 0 Å². The van der Waals surface area contributed by atoms with Crippen molar-refractivity contribution >= 4 is 0 Å². The van der Waals surface area contributed by atoms with Gasteiger partial charge in [0.1, 0.15) is 11.6 Å². The first-order valence-electron chi connectivity index (χ1n) is 4.95. The minimum absolute atomic E-state index is 0.125. The Morgan fingerprint density at radius 1 is 1.40 bits per heavy atom. The van der Waals surface area contributed by atoms with Crippen molar-refractivity contribution in [2.45, 2.75) is 19.0 Å². The highest BCUT2D eigenvalue weighted by Gasteiger charge is 2.21. The molecule has 1 heterocycles. The fraction of sp³-hybridized carbons (Fsp3) is 0.455. The molecular weight excluding hydrogens is 200 g/mol. The molecule has 0 radical (unpaired) electrons. The number of hydrogen-bond donors (Lipinski definition) is 1. The standard InChI is InChI=1S/C11H13F2NO/c1-7(14-9-5-15-6-9)10-3-2-8(12)4-11(10)13/h2-4,7,9,14H,5-6H2,1H3. The minimum atomic E-state index is -0.546. The van der Waals surface area contributed by atoms with Crippen LogP contribution in [-0.4, -0.2) is 19.3 Å². The molecule has 1 aliphatic heterocycles. The summed E-state index contributed by atoms with van der Waals surface area (Å²) in [6, 6.07) is 3.81. The van der Waals surface area contributed by atoms with Gasteiger partial charge in [-0.15, -0.1) is 0 Å². The second kappa shape index (κ2) is 4.24. The van der Waals surface area contributed by atoms with Crippen LogP contribution in [0.3, 0.4) is 0 Å². The van der Waals surface area contributed by atoms with Crippen LogP contribution in [0.15, 0.2) is 18.2 Å². The minimum Gasteiger partial charge on any atom is -0.378 e. The fourth-order valence-corrected chi connectivity index (χ4v) is 1.63. The van der Waals surface area contributed by atoms with Crippen LogP contribution in [0, 0.1) is 11.6 Å². The van der Waals surface area contributed by atoms with E-state index in [1.54, 1.807) is 0 Å². The molecule has 15 heavy (non-hydrogen) atoms. The van der Waals surface area contributed by atoms with E-state index < -0.39 is 11.6 Å². The molecule has 1 atom stereocenters. The maximum atomic E-state index is 13.4. The normalized spacial score (nSPS) is 18.6. The zero-order chi connectivity index (χ0) is 10.8. The Morgan fingerprint density at radius 2 is 2.13 bits per heavy atom. The van der Waals surface area contributed by atoms with Crippen LogP contribution in [0.2, 0.25) is 0 Å². The van der Waals surface area contributed by atoms with Gasteiger partial charge in [-0.2, -0.15) is 0 Å². The fourth-order valence-electron chi connectivity index (χ4n) is 1.63. The summed E-state index contributed by atoms with van der Waals surface area (Å²) in [4.78, 5) is 0. The topological polar surface area (TPSA) is 21.3 Å². The summed E-state index contributed by atoms with van der Waals surface area (Å²) in [5, 5.41) is 3.21. The highest BCUT2D eigenvalue weighted by atomic mass is 19.1. The molecule has 1 unspecified atom stereocenters. The Labute approximate surface area is 87.2 Å². The molecule has 0 saturated carbocycles. The smallest absolute Gasteiger partial charge is 0.130 e. The van der Waals surface area contributed by atoms with Crippen molar-refractivity contribution in [2.24, 2.45) is 0 Å². The third-order valence-electron chi connectivity index (χ3n) is 2.55. The van der Waals surface area contributed by atoms with Gasteiger partial charge in [-0.3, -0.25) is 0 Å². The van der Waals surface area contributed by atoms with Gasteiger partial charge in [0.05, 0.1) is 19.3 Å². The van der Waals surface area contributed by atoms with E-state index >= 15 is 0 Å². The van der Waals surface area contributed by atoms with Crippen LogP contribution in [0.1, 0.15) is 18.5 Å². The lowest BCUT2D eigenvalue weighted by molar-refractivity contribution is -0.00940. The van der Waals surface area contributed by atoms with E-state index in [-0.39, 0.29) is 12.1 Å². The molecule has 4 heteroatoms. The van der Waals surface area contributed by atoms with Crippen molar-refractivity contribution in [3.8, 4) is 0 Å². The highest BCUT2D eigenvalue weighted by Crippen LogP contribution is 2.19. The lowest BCUT2D eigenvalue weighted by atomic mass is 10.1. The average molecular weight is 213 g/mol. The van der Waals surface area contributed by atoms with Crippen LogP contribution < -0.4 is 5.32 Å². The first-order valence-corrected chi connectivity index (χ1v) is 4.95. The van der Waals surface area contributed by atoms with Gasteiger partial charge in [0.25, 0.3) is 0 Å². The Balaban J connectivity index is 2.06. The van der Waals surface area contributed by atoms with E-state index in [9.17, 15) is 8.78 Å². The molecule has 0 aromatic heterocycles. The zero-order valence-electron chi connectivity index (χ0n) is 8.47. The number of nitrogens with one attached hydrogen (secondary N) is 1. The third kappa shape index (κ3) is 2.33. The van der Waals surface area contributed by atoms with Crippen LogP contribution in [0.5, 0.6) is 0 Å². The van der Waals surface area contributed by atoms with E-state index in [4.69, 9.17) is 4.74 Å². The van der Waals surface area contributed by atoms with Crippen molar-refractivity contribution < 1.29 is 13.5 Å². The summed E-state index contributed by atoms with van der Waals surface area (Å²) >= 11 is 0. The molecule has 82 valence electrons. The summed E-state index contributed by atoms with van der Waals surface area (Å²) in [6.45, 7) is 3.18. The van der Waals surface area contributed by atoms with Gasteiger partial charge in [0.15, 0.2) is 0 Å². The molecule has 2 rings (SSSR count).